The molecule has 2 N–H and O–H groups in total. The third kappa shape index (κ3) is 4.14. The Hall–Kier alpha value is -2.15. The average molecular weight is 422 g/mol. The first-order chi connectivity index (χ1) is 12.7. The molecule has 2 aromatic heterocycles. The van der Waals surface area contributed by atoms with E-state index in [9.17, 15) is 4.79 Å². The van der Waals surface area contributed by atoms with E-state index >= 15 is 0 Å². The molecule has 3 aromatic rings. The number of nitrogens with two attached hydrogens (primary N) is 1. The van der Waals surface area contributed by atoms with Crippen LogP contribution in [0, 0.1) is 0 Å². The van der Waals surface area contributed by atoms with Gasteiger partial charge in [0.15, 0.2) is 5.65 Å². The lowest BCUT2D eigenvalue weighted by Crippen LogP contribution is -2.45. The Morgan fingerprint density at radius 2 is 2.00 bits per heavy atom. The van der Waals surface area contributed by atoms with Crippen LogP contribution in [0.15, 0.2) is 42.6 Å². The summed E-state index contributed by atoms with van der Waals surface area (Å²) in [5, 5.41) is 5.21. The zero-order valence-corrected chi connectivity index (χ0v) is 17.4. The van der Waals surface area contributed by atoms with Crippen LogP contribution in [-0.4, -0.2) is 44.7 Å². The first-order valence-electron chi connectivity index (χ1n) is 9.14. The van der Waals surface area contributed by atoms with E-state index < -0.39 is 0 Å². The molecule has 0 saturated carbocycles. The van der Waals surface area contributed by atoms with Crippen LogP contribution in [0.4, 0.5) is 0 Å². The molecule has 150 valence electrons. The van der Waals surface area contributed by atoms with Crippen molar-refractivity contribution in [2.24, 2.45) is 5.73 Å². The fraction of sp³-hybridized carbons (Fsp3) is 0.350. The highest BCUT2D eigenvalue weighted by molar-refractivity contribution is 6.06. The molecule has 0 aliphatic carbocycles. The van der Waals surface area contributed by atoms with E-state index in [1.54, 1.807) is 6.20 Å². The molecule has 1 atom stereocenters. The van der Waals surface area contributed by atoms with Crippen LogP contribution < -0.4 is 5.73 Å². The lowest BCUT2D eigenvalue weighted by molar-refractivity contribution is 0.0711. The fourth-order valence-electron chi connectivity index (χ4n) is 3.58. The van der Waals surface area contributed by atoms with Gasteiger partial charge in [0.2, 0.25) is 0 Å². The van der Waals surface area contributed by atoms with Crippen molar-refractivity contribution in [3.63, 3.8) is 0 Å². The number of fused-ring (bicyclic) bond motifs is 1. The summed E-state index contributed by atoms with van der Waals surface area (Å²) < 4.78 is 1.83. The van der Waals surface area contributed by atoms with Gasteiger partial charge in [-0.3, -0.25) is 4.79 Å². The summed E-state index contributed by atoms with van der Waals surface area (Å²) in [5.74, 6) is 0.0142. The molecular formula is C20H25Cl2N5O. The maximum absolute atomic E-state index is 13.2. The Morgan fingerprint density at radius 3 is 2.68 bits per heavy atom. The molecule has 0 spiro atoms. The minimum atomic E-state index is 0. The van der Waals surface area contributed by atoms with Crippen LogP contribution in [0.5, 0.6) is 0 Å². The van der Waals surface area contributed by atoms with Crippen LogP contribution in [-0.2, 0) is 6.54 Å². The molecule has 4 rings (SSSR count). The third-order valence-electron chi connectivity index (χ3n) is 4.95. The van der Waals surface area contributed by atoms with E-state index in [0.29, 0.717) is 18.7 Å². The zero-order chi connectivity index (χ0) is 18.1. The number of aromatic nitrogens is 3. The Morgan fingerprint density at radius 1 is 1.25 bits per heavy atom. The van der Waals surface area contributed by atoms with Crippen LogP contribution in [0.3, 0.4) is 0 Å². The number of hydrogen-bond donors (Lipinski definition) is 1. The van der Waals surface area contributed by atoms with Crippen LogP contribution in [0.1, 0.15) is 30.1 Å². The first-order valence-corrected chi connectivity index (χ1v) is 9.14. The number of piperidine rings is 1. The van der Waals surface area contributed by atoms with Crippen LogP contribution >= 0.6 is 24.8 Å². The predicted octanol–water partition coefficient (Wildman–Crippen LogP) is 3.53. The SMILES string of the molecule is CCn1ncc2c(C(=O)N3CCCC(N)C3)cc(-c3ccccc3)nc21.Cl.Cl. The molecule has 1 amide bonds. The highest BCUT2D eigenvalue weighted by Gasteiger charge is 2.25. The van der Waals surface area contributed by atoms with E-state index in [4.69, 9.17) is 10.7 Å². The lowest BCUT2D eigenvalue weighted by atomic mass is 10.0. The molecule has 1 aromatic carbocycles. The van der Waals surface area contributed by atoms with Gasteiger partial charge in [-0.1, -0.05) is 30.3 Å². The summed E-state index contributed by atoms with van der Waals surface area (Å²) in [7, 11) is 0. The first kappa shape index (κ1) is 22.1. The minimum Gasteiger partial charge on any atom is -0.337 e. The Kier molecular flexibility index (Phi) is 7.41. The van der Waals surface area contributed by atoms with Crippen molar-refractivity contribution in [2.45, 2.75) is 32.4 Å². The van der Waals surface area contributed by atoms with Gasteiger partial charge in [0.05, 0.1) is 22.8 Å². The number of halogens is 2. The maximum Gasteiger partial charge on any atom is 0.254 e. The second kappa shape index (κ2) is 9.37. The second-order valence-electron chi connectivity index (χ2n) is 6.77. The zero-order valence-electron chi connectivity index (χ0n) is 15.7. The second-order valence-corrected chi connectivity index (χ2v) is 6.77. The third-order valence-corrected chi connectivity index (χ3v) is 4.95. The number of hydrogen-bond acceptors (Lipinski definition) is 4. The summed E-state index contributed by atoms with van der Waals surface area (Å²) in [6, 6.07) is 11.9. The smallest absolute Gasteiger partial charge is 0.254 e. The van der Waals surface area contributed by atoms with Crippen molar-refractivity contribution >= 4 is 41.8 Å². The molecule has 6 nitrogen and oxygen atoms in total. The Bertz CT molecular complexity index is 944. The van der Waals surface area contributed by atoms with Crippen LogP contribution in [0.2, 0.25) is 0 Å². The van der Waals surface area contributed by atoms with E-state index in [0.717, 1.165) is 41.7 Å². The standard InChI is InChI=1S/C20H23N5O.2ClH/c1-2-25-19-17(12-22-25)16(20(26)24-10-6-9-15(21)13-24)11-18(23-19)14-7-4-3-5-8-14;;/h3-5,7-8,11-12,15H,2,6,9-10,13,21H2,1H3;2*1H. The van der Waals surface area contributed by atoms with Gasteiger partial charge in [-0.25, -0.2) is 9.67 Å². The van der Waals surface area contributed by atoms with Crippen molar-refractivity contribution in [1.29, 1.82) is 0 Å². The molecule has 1 aliphatic rings. The predicted molar refractivity (Wildman–Crippen MR) is 116 cm³/mol. The lowest BCUT2D eigenvalue weighted by Gasteiger charge is -2.31. The van der Waals surface area contributed by atoms with Gasteiger partial charge in [0.1, 0.15) is 0 Å². The van der Waals surface area contributed by atoms with Gasteiger partial charge in [-0.15, -0.1) is 24.8 Å². The highest BCUT2D eigenvalue weighted by atomic mass is 35.5. The molecule has 28 heavy (non-hydrogen) atoms. The van der Waals surface area contributed by atoms with Crippen molar-refractivity contribution in [3.05, 3.63) is 48.2 Å². The molecule has 0 bridgehead atoms. The summed E-state index contributed by atoms with van der Waals surface area (Å²) >= 11 is 0. The minimum absolute atomic E-state index is 0. The fourth-order valence-corrected chi connectivity index (χ4v) is 3.58. The normalized spacial score (nSPS) is 16.4. The molecule has 1 unspecified atom stereocenters. The van der Waals surface area contributed by atoms with Gasteiger partial charge in [0.25, 0.3) is 5.91 Å². The van der Waals surface area contributed by atoms with Crippen molar-refractivity contribution in [3.8, 4) is 11.3 Å². The van der Waals surface area contributed by atoms with Gasteiger partial charge in [-0.05, 0) is 25.8 Å². The number of benzene rings is 1. The Labute approximate surface area is 176 Å². The molecule has 3 heterocycles. The van der Waals surface area contributed by atoms with Crippen molar-refractivity contribution in [1.82, 2.24) is 19.7 Å². The monoisotopic (exact) mass is 421 g/mol. The van der Waals surface area contributed by atoms with Gasteiger partial charge in [0, 0.05) is 31.2 Å². The van der Waals surface area contributed by atoms with Gasteiger partial charge >= 0.3 is 0 Å². The Balaban J connectivity index is 0.00000140. The van der Waals surface area contributed by atoms with Gasteiger partial charge in [-0.2, -0.15) is 5.10 Å². The quantitative estimate of drug-likeness (QED) is 0.701. The van der Waals surface area contributed by atoms with E-state index in [2.05, 4.69) is 5.10 Å². The van der Waals surface area contributed by atoms with E-state index in [-0.39, 0.29) is 36.8 Å². The summed E-state index contributed by atoms with van der Waals surface area (Å²) in [5.41, 5.74) is 9.26. The molecular weight excluding hydrogens is 397 g/mol. The van der Waals surface area contributed by atoms with Crippen molar-refractivity contribution in [2.75, 3.05) is 13.1 Å². The summed E-state index contributed by atoms with van der Waals surface area (Å²) in [6.07, 6.45) is 3.66. The molecule has 8 heteroatoms. The number of carbonyl (C=O) groups is 1. The average Bonchev–Trinajstić information content (AvgIpc) is 3.10. The van der Waals surface area contributed by atoms with Gasteiger partial charge < -0.3 is 10.6 Å². The number of rotatable bonds is 3. The van der Waals surface area contributed by atoms with E-state index in [1.807, 2.05) is 52.9 Å². The summed E-state index contributed by atoms with van der Waals surface area (Å²) in [4.78, 5) is 19.9. The number of nitrogens with zero attached hydrogens (tertiary/aromatic N) is 4. The highest BCUT2D eigenvalue weighted by Crippen LogP contribution is 2.26. The maximum atomic E-state index is 13.2. The number of likely N-dealkylation sites (tertiary alicyclic amines) is 1. The molecule has 1 fully saturated rings. The topological polar surface area (TPSA) is 77.0 Å². The summed E-state index contributed by atoms with van der Waals surface area (Å²) in [6.45, 7) is 4.08. The van der Waals surface area contributed by atoms with Crippen molar-refractivity contribution < 1.29 is 4.79 Å². The van der Waals surface area contributed by atoms with E-state index in [1.165, 1.54) is 0 Å². The molecule has 1 aliphatic heterocycles. The molecule has 0 radical (unpaired) electrons. The number of pyridine rings is 1. The molecule has 1 saturated heterocycles. The number of carbonyl (C=O) groups excluding carboxylic acids is 1. The number of aryl methyl sites for hydroxylation is 1. The van der Waals surface area contributed by atoms with Crippen LogP contribution in [0.25, 0.3) is 22.3 Å². The number of amides is 1. The largest absolute Gasteiger partial charge is 0.337 e.